The zero-order valence-corrected chi connectivity index (χ0v) is 16.7. The molecule has 0 aliphatic carbocycles. The van der Waals surface area contributed by atoms with Gasteiger partial charge in [0.15, 0.2) is 18.1 Å². The number of hydrogen-bond donors (Lipinski definition) is 0. The summed E-state index contributed by atoms with van der Waals surface area (Å²) in [6.07, 6.45) is 2.58. The Morgan fingerprint density at radius 2 is 1.57 bits per heavy atom. The minimum atomic E-state index is 0.0269. The van der Waals surface area contributed by atoms with E-state index < -0.39 is 0 Å². The Kier molecular flexibility index (Phi) is 7.18. The van der Waals surface area contributed by atoms with Crippen molar-refractivity contribution in [3.05, 3.63) is 54.1 Å². The Morgan fingerprint density at radius 3 is 2.25 bits per heavy atom. The monoisotopic (exact) mass is 383 g/mol. The van der Waals surface area contributed by atoms with Crippen LogP contribution in [-0.4, -0.2) is 43.2 Å². The van der Waals surface area contributed by atoms with Gasteiger partial charge in [0.2, 0.25) is 0 Å². The molecule has 150 valence electrons. The zero-order valence-electron chi connectivity index (χ0n) is 16.7. The number of aryl methyl sites for hydroxylation is 1. The van der Waals surface area contributed by atoms with E-state index in [-0.39, 0.29) is 18.6 Å². The first-order chi connectivity index (χ1) is 13.7. The van der Waals surface area contributed by atoms with Crippen LogP contribution in [0.5, 0.6) is 17.2 Å². The molecule has 3 rings (SSSR count). The number of benzene rings is 2. The molecule has 2 aromatic carbocycles. The third kappa shape index (κ3) is 5.18. The van der Waals surface area contributed by atoms with Crippen molar-refractivity contribution in [1.82, 2.24) is 4.90 Å². The first kappa shape index (κ1) is 20.1. The Labute approximate surface area is 167 Å². The fourth-order valence-corrected chi connectivity index (χ4v) is 3.39. The molecule has 28 heavy (non-hydrogen) atoms. The molecule has 0 atom stereocenters. The summed E-state index contributed by atoms with van der Waals surface area (Å²) in [4.78, 5) is 14.4. The van der Waals surface area contributed by atoms with Gasteiger partial charge in [0.25, 0.3) is 5.91 Å². The number of carbonyl (C=O) groups excluding carboxylic acids is 1. The number of amides is 1. The molecule has 1 aliphatic heterocycles. The quantitative estimate of drug-likeness (QED) is 0.689. The molecule has 0 N–H and O–H groups in total. The van der Waals surface area contributed by atoms with Crippen molar-refractivity contribution in [2.45, 2.75) is 39.2 Å². The summed E-state index contributed by atoms with van der Waals surface area (Å²) in [5.74, 6) is 2.36. The van der Waals surface area contributed by atoms with Gasteiger partial charge in [-0.2, -0.15) is 0 Å². The van der Waals surface area contributed by atoms with Crippen molar-refractivity contribution in [2.75, 3.05) is 26.3 Å². The van der Waals surface area contributed by atoms with Gasteiger partial charge in [-0.15, -0.1) is 0 Å². The zero-order chi connectivity index (χ0) is 19.8. The van der Waals surface area contributed by atoms with Crippen LogP contribution in [0.4, 0.5) is 0 Å². The molecular formula is C23H29NO4. The lowest BCUT2D eigenvalue weighted by atomic mass is 10.1. The van der Waals surface area contributed by atoms with Gasteiger partial charge < -0.3 is 19.1 Å². The van der Waals surface area contributed by atoms with Crippen molar-refractivity contribution in [2.24, 2.45) is 0 Å². The van der Waals surface area contributed by atoms with Crippen LogP contribution in [0.3, 0.4) is 0 Å². The van der Waals surface area contributed by atoms with E-state index in [2.05, 4.69) is 6.92 Å². The highest BCUT2D eigenvalue weighted by molar-refractivity contribution is 5.77. The summed E-state index contributed by atoms with van der Waals surface area (Å²) in [5.41, 5.74) is 1.12. The van der Waals surface area contributed by atoms with Gasteiger partial charge >= 0.3 is 0 Å². The van der Waals surface area contributed by atoms with Crippen LogP contribution < -0.4 is 14.2 Å². The molecule has 0 unspecified atom stereocenters. The van der Waals surface area contributed by atoms with Crippen molar-refractivity contribution < 1.29 is 19.0 Å². The highest BCUT2D eigenvalue weighted by Gasteiger charge is 2.25. The normalized spacial score (nSPS) is 14.6. The number of likely N-dealkylation sites (tertiary alicyclic amines) is 1. The van der Waals surface area contributed by atoms with Crippen molar-refractivity contribution >= 4 is 5.91 Å². The molecular weight excluding hydrogens is 354 g/mol. The molecule has 0 aromatic heterocycles. The molecule has 0 bridgehead atoms. The maximum atomic E-state index is 12.5. The number of rotatable bonds is 8. The smallest absolute Gasteiger partial charge is 0.260 e. The average Bonchev–Trinajstić information content (AvgIpc) is 2.74. The van der Waals surface area contributed by atoms with Crippen LogP contribution in [0, 0.1) is 0 Å². The molecule has 0 saturated carbocycles. The number of hydrogen-bond acceptors (Lipinski definition) is 4. The first-order valence-corrected chi connectivity index (χ1v) is 10.1. The lowest BCUT2D eigenvalue weighted by Gasteiger charge is -2.32. The molecule has 2 aromatic rings. The SMILES string of the molecule is CCOc1ccccc1OC1CCN(C(=O)COc2ccccc2CC)CC1. The van der Waals surface area contributed by atoms with Gasteiger partial charge in [-0.25, -0.2) is 0 Å². The molecule has 1 aliphatic rings. The first-order valence-electron chi connectivity index (χ1n) is 10.1. The number of piperidine rings is 1. The highest BCUT2D eigenvalue weighted by Crippen LogP contribution is 2.29. The molecule has 0 spiro atoms. The Balaban J connectivity index is 1.48. The van der Waals surface area contributed by atoms with E-state index in [4.69, 9.17) is 14.2 Å². The van der Waals surface area contributed by atoms with Gasteiger partial charge in [-0.1, -0.05) is 37.3 Å². The fraction of sp³-hybridized carbons (Fsp3) is 0.435. The van der Waals surface area contributed by atoms with Gasteiger partial charge in [0.05, 0.1) is 6.61 Å². The fourth-order valence-electron chi connectivity index (χ4n) is 3.39. The second kappa shape index (κ2) is 10.0. The van der Waals surface area contributed by atoms with E-state index in [0.29, 0.717) is 19.7 Å². The van der Waals surface area contributed by atoms with E-state index in [9.17, 15) is 4.79 Å². The summed E-state index contributed by atoms with van der Waals surface area (Å²) in [6.45, 7) is 6.09. The Bertz CT molecular complexity index is 769. The molecule has 5 heteroatoms. The van der Waals surface area contributed by atoms with Crippen LogP contribution in [0.15, 0.2) is 48.5 Å². The maximum Gasteiger partial charge on any atom is 0.260 e. The number of nitrogens with zero attached hydrogens (tertiary/aromatic N) is 1. The topological polar surface area (TPSA) is 48.0 Å². The van der Waals surface area contributed by atoms with Crippen molar-refractivity contribution in [1.29, 1.82) is 0 Å². The lowest BCUT2D eigenvalue weighted by molar-refractivity contribution is -0.135. The minimum absolute atomic E-state index is 0.0269. The number of ether oxygens (including phenoxy) is 3. The molecule has 1 heterocycles. The van der Waals surface area contributed by atoms with E-state index in [1.54, 1.807) is 0 Å². The Morgan fingerprint density at radius 1 is 0.929 bits per heavy atom. The summed E-state index contributed by atoms with van der Waals surface area (Å²) >= 11 is 0. The summed E-state index contributed by atoms with van der Waals surface area (Å²) in [6, 6.07) is 15.6. The predicted molar refractivity (Wildman–Crippen MR) is 109 cm³/mol. The third-order valence-electron chi connectivity index (χ3n) is 4.94. The summed E-state index contributed by atoms with van der Waals surface area (Å²) in [7, 11) is 0. The summed E-state index contributed by atoms with van der Waals surface area (Å²) < 4.78 is 17.5. The average molecular weight is 383 g/mol. The van der Waals surface area contributed by atoms with Crippen LogP contribution >= 0.6 is 0 Å². The number of para-hydroxylation sites is 3. The lowest BCUT2D eigenvalue weighted by Crippen LogP contribution is -2.43. The second-order valence-electron chi connectivity index (χ2n) is 6.83. The van der Waals surface area contributed by atoms with Crippen molar-refractivity contribution in [3.8, 4) is 17.2 Å². The van der Waals surface area contributed by atoms with Crippen molar-refractivity contribution in [3.63, 3.8) is 0 Å². The Hall–Kier alpha value is -2.69. The van der Waals surface area contributed by atoms with Gasteiger partial charge in [0, 0.05) is 25.9 Å². The van der Waals surface area contributed by atoms with E-state index in [0.717, 1.165) is 42.1 Å². The van der Waals surface area contributed by atoms with Crippen LogP contribution in [0.2, 0.25) is 0 Å². The predicted octanol–water partition coefficient (Wildman–Crippen LogP) is 4.10. The molecule has 1 fully saturated rings. The van der Waals surface area contributed by atoms with Gasteiger partial charge in [0.1, 0.15) is 11.9 Å². The largest absolute Gasteiger partial charge is 0.490 e. The minimum Gasteiger partial charge on any atom is -0.490 e. The van der Waals surface area contributed by atoms with E-state index >= 15 is 0 Å². The van der Waals surface area contributed by atoms with Crippen LogP contribution in [0.1, 0.15) is 32.3 Å². The molecule has 1 saturated heterocycles. The maximum absolute atomic E-state index is 12.5. The highest BCUT2D eigenvalue weighted by atomic mass is 16.5. The third-order valence-corrected chi connectivity index (χ3v) is 4.94. The van der Waals surface area contributed by atoms with Gasteiger partial charge in [-0.3, -0.25) is 4.79 Å². The summed E-state index contributed by atoms with van der Waals surface area (Å²) in [5, 5.41) is 0. The van der Waals surface area contributed by atoms with Crippen LogP contribution in [0.25, 0.3) is 0 Å². The molecule has 1 amide bonds. The standard InChI is InChI=1S/C23H29NO4/c1-3-18-9-5-6-10-20(18)27-17-23(25)24-15-13-19(14-16-24)28-22-12-8-7-11-21(22)26-4-2/h5-12,19H,3-4,13-17H2,1-2H3. The second-order valence-corrected chi connectivity index (χ2v) is 6.83. The molecule has 0 radical (unpaired) electrons. The molecule has 5 nitrogen and oxygen atoms in total. The van der Waals surface area contributed by atoms with Crippen LogP contribution in [-0.2, 0) is 11.2 Å². The van der Waals surface area contributed by atoms with E-state index in [1.807, 2.05) is 60.4 Å². The van der Waals surface area contributed by atoms with E-state index in [1.165, 1.54) is 0 Å². The van der Waals surface area contributed by atoms with Gasteiger partial charge in [-0.05, 0) is 37.1 Å². The number of carbonyl (C=O) groups is 1.